The molecule has 0 saturated heterocycles. The van der Waals surface area contributed by atoms with Gasteiger partial charge in [-0.25, -0.2) is 4.57 Å². The van der Waals surface area contributed by atoms with E-state index in [2.05, 4.69) is 40.5 Å². The molecule has 0 aliphatic heterocycles. The van der Waals surface area contributed by atoms with Gasteiger partial charge in [-0.2, -0.15) is 26.7 Å². The SMILES string of the molecule is C[CH-]CC.C[CH-]CC.O=P(O)(O)O.[Zn+2]. The zero-order valence-electron chi connectivity index (χ0n) is 9.47. The van der Waals surface area contributed by atoms with Crippen LogP contribution in [0.15, 0.2) is 0 Å². The topological polar surface area (TPSA) is 77.8 Å². The Morgan fingerprint density at radius 1 is 1.00 bits per heavy atom. The van der Waals surface area contributed by atoms with Crippen molar-refractivity contribution in [3.05, 3.63) is 12.8 Å². The molecule has 0 aromatic heterocycles. The molecule has 0 aliphatic carbocycles. The molecule has 0 aliphatic rings. The van der Waals surface area contributed by atoms with Crippen molar-refractivity contribution in [2.24, 2.45) is 0 Å². The second-order valence-corrected chi connectivity index (χ2v) is 3.17. The minimum atomic E-state index is -4.64. The van der Waals surface area contributed by atoms with Crippen LogP contribution in [0, 0.1) is 12.8 Å². The zero-order chi connectivity index (χ0) is 11.3. The molecule has 3 N–H and O–H groups in total. The number of hydrogen-bond donors (Lipinski definition) is 3. The van der Waals surface area contributed by atoms with Crippen LogP contribution < -0.4 is 0 Å². The van der Waals surface area contributed by atoms with Crippen LogP contribution in [0.2, 0.25) is 0 Å². The molecular weight excluding hydrogens is 256 g/mol. The van der Waals surface area contributed by atoms with Gasteiger partial charge >= 0.3 is 27.3 Å². The molecule has 0 rings (SSSR count). The van der Waals surface area contributed by atoms with Gasteiger partial charge in [0.05, 0.1) is 0 Å². The normalized spacial score (nSPS) is 8.50. The third-order valence-corrected chi connectivity index (χ3v) is 0.816. The molecule has 0 spiro atoms. The summed E-state index contributed by atoms with van der Waals surface area (Å²) < 4.78 is 8.88. The van der Waals surface area contributed by atoms with Crippen LogP contribution in [-0.4, -0.2) is 14.7 Å². The number of phosphoric acid groups is 1. The zero-order valence-corrected chi connectivity index (χ0v) is 13.3. The molecule has 6 heteroatoms. The molecule has 14 heavy (non-hydrogen) atoms. The van der Waals surface area contributed by atoms with Crippen molar-refractivity contribution in [1.29, 1.82) is 0 Å². The van der Waals surface area contributed by atoms with Gasteiger partial charge in [0.2, 0.25) is 0 Å². The van der Waals surface area contributed by atoms with Crippen LogP contribution in [-0.2, 0) is 24.0 Å². The number of hydrogen-bond acceptors (Lipinski definition) is 1. The molecule has 0 atom stereocenters. The second kappa shape index (κ2) is 19.3. The second-order valence-electron chi connectivity index (χ2n) is 2.15. The molecule has 84 valence electrons. The van der Waals surface area contributed by atoms with Gasteiger partial charge in [-0.15, -0.1) is 0 Å². The van der Waals surface area contributed by atoms with Crippen LogP contribution in [0.3, 0.4) is 0 Å². The van der Waals surface area contributed by atoms with E-state index >= 15 is 0 Å². The smallest absolute Gasteiger partial charge is 0.332 e. The van der Waals surface area contributed by atoms with Gasteiger partial charge in [0.1, 0.15) is 0 Å². The summed E-state index contributed by atoms with van der Waals surface area (Å²) in [5.74, 6) is 0. The average Bonchev–Trinajstić information content (AvgIpc) is 2.01. The van der Waals surface area contributed by atoms with E-state index in [0.29, 0.717) is 0 Å². The summed E-state index contributed by atoms with van der Waals surface area (Å²) in [5, 5.41) is 0. The summed E-state index contributed by atoms with van der Waals surface area (Å²) in [7, 11) is -4.64. The van der Waals surface area contributed by atoms with Crippen molar-refractivity contribution in [3.8, 4) is 0 Å². The Bertz CT molecular complexity index is 99.6. The molecule has 4 nitrogen and oxygen atoms in total. The van der Waals surface area contributed by atoms with E-state index in [4.69, 9.17) is 19.2 Å². The fraction of sp³-hybridized carbons (Fsp3) is 0.750. The maximum Gasteiger partial charge on any atom is 2.00 e. The summed E-state index contributed by atoms with van der Waals surface area (Å²) in [6.45, 7) is 8.36. The van der Waals surface area contributed by atoms with E-state index in [9.17, 15) is 0 Å². The monoisotopic (exact) mass is 276 g/mol. The van der Waals surface area contributed by atoms with E-state index in [1.165, 1.54) is 12.8 Å². The van der Waals surface area contributed by atoms with Gasteiger partial charge in [-0.3, -0.25) is 0 Å². The third-order valence-electron chi connectivity index (χ3n) is 0.816. The Morgan fingerprint density at radius 3 is 1.07 bits per heavy atom. The van der Waals surface area contributed by atoms with E-state index in [1.807, 2.05) is 0 Å². The standard InChI is InChI=1S/2C4H9.H3O4P.Zn/c2*1-3-4-2;1-5(2,3)4;/h2*3H,4H2,1-2H3;(H3,1,2,3,4);/q2*-1;;+2. The maximum atomic E-state index is 8.88. The first-order valence-electron chi connectivity index (χ1n) is 4.17. The van der Waals surface area contributed by atoms with E-state index < -0.39 is 7.82 Å². The molecule has 0 bridgehead atoms. The van der Waals surface area contributed by atoms with Gasteiger partial charge in [0, 0.05) is 0 Å². The van der Waals surface area contributed by atoms with Crippen molar-refractivity contribution in [1.82, 2.24) is 0 Å². The van der Waals surface area contributed by atoms with Crippen molar-refractivity contribution < 1.29 is 38.7 Å². The maximum absolute atomic E-state index is 8.88. The van der Waals surface area contributed by atoms with Crippen LogP contribution in [0.5, 0.6) is 0 Å². The number of unbranched alkanes of at least 4 members (excludes halogenated alkanes) is 2. The molecule has 0 aromatic carbocycles. The fourth-order valence-electron chi connectivity index (χ4n) is 0. The van der Waals surface area contributed by atoms with Crippen LogP contribution in [0.1, 0.15) is 40.5 Å². The van der Waals surface area contributed by atoms with Crippen LogP contribution in [0.25, 0.3) is 0 Å². The van der Waals surface area contributed by atoms with E-state index in [-0.39, 0.29) is 19.5 Å². The molecule has 0 saturated carbocycles. The van der Waals surface area contributed by atoms with Crippen molar-refractivity contribution in [2.75, 3.05) is 0 Å². The Hall–Kier alpha value is 0.733. The molecule has 0 radical (unpaired) electrons. The molecule has 0 amide bonds. The minimum absolute atomic E-state index is 0. The largest absolute Gasteiger partial charge is 2.00 e. The van der Waals surface area contributed by atoms with E-state index in [0.717, 1.165) is 0 Å². The summed E-state index contributed by atoms with van der Waals surface area (Å²) >= 11 is 0. The quantitative estimate of drug-likeness (QED) is 0.411. The Balaban J connectivity index is -0.0000000522. The van der Waals surface area contributed by atoms with Crippen molar-refractivity contribution >= 4 is 7.82 Å². The van der Waals surface area contributed by atoms with Gasteiger partial charge in [-0.1, -0.05) is 13.8 Å². The van der Waals surface area contributed by atoms with Crippen LogP contribution in [0.4, 0.5) is 0 Å². The molecule has 0 fully saturated rings. The van der Waals surface area contributed by atoms with Gasteiger partial charge in [-0.05, 0) is 0 Å². The predicted molar refractivity (Wildman–Crippen MR) is 54.8 cm³/mol. The molecule has 0 heterocycles. The Labute approximate surface area is 100 Å². The average molecular weight is 278 g/mol. The molecule has 0 unspecified atom stereocenters. The fourth-order valence-corrected chi connectivity index (χ4v) is 0. The first-order chi connectivity index (χ1) is 5.83. The molecular formula is C8H21O4PZn. The first-order valence-corrected chi connectivity index (χ1v) is 5.73. The minimum Gasteiger partial charge on any atom is -0.332 e. The summed E-state index contributed by atoms with van der Waals surface area (Å²) in [6.07, 6.45) is 6.64. The van der Waals surface area contributed by atoms with E-state index in [1.54, 1.807) is 0 Å². The molecule has 0 aromatic rings. The summed E-state index contributed by atoms with van der Waals surface area (Å²) in [6, 6.07) is 0. The summed E-state index contributed by atoms with van der Waals surface area (Å²) in [5.41, 5.74) is 0. The first kappa shape index (κ1) is 24.1. The van der Waals surface area contributed by atoms with Crippen molar-refractivity contribution in [2.45, 2.75) is 40.5 Å². The Kier molecular flexibility index (Phi) is 33.3. The van der Waals surface area contributed by atoms with Gasteiger partial charge in [0.15, 0.2) is 0 Å². The summed E-state index contributed by atoms with van der Waals surface area (Å²) in [4.78, 5) is 21.6. The van der Waals surface area contributed by atoms with Gasteiger partial charge < -0.3 is 27.5 Å². The van der Waals surface area contributed by atoms with Crippen LogP contribution >= 0.6 is 7.82 Å². The predicted octanol–water partition coefficient (Wildman–Crippen LogP) is 2.31. The Morgan fingerprint density at radius 2 is 1.07 bits per heavy atom. The van der Waals surface area contributed by atoms with Gasteiger partial charge in [0.25, 0.3) is 0 Å². The number of rotatable bonds is 2. The third kappa shape index (κ3) is 235. The van der Waals surface area contributed by atoms with Crippen molar-refractivity contribution in [3.63, 3.8) is 0 Å².